The van der Waals surface area contributed by atoms with Crippen molar-refractivity contribution in [3.8, 4) is 0 Å². The number of nitrogens with zero attached hydrogens (tertiary/aromatic N) is 3. The van der Waals surface area contributed by atoms with Crippen LogP contribution in [0, 0.1) is 0 Å². The third-order valence-electron chi connectivity index (χ3n) is 2.76. The first-order chi connectivity index (χ1) is 8.83. The maximum absolute atomic E-state index is 11.6. The van der Waals surface area contributed by atoms with Crippen molar-refractivity contribution < 1.29 is 13.9 Å². The van der Waals surface area contributed by atoms with Gasteiger partial charge in [0, 0.05) is 12.3 Å². The average molecular weight is 248 g/mol. The minimum atomic E-state index is -0.453. The highest BCUT2D eigenvalue weighted by molar-refractivity contribution is 5.86. The first kappa shape index (κ1) is 10.9. The van der Waals surface area contributed by atoms with E-state index in [1.54, 1.807) is 6.07 Å². The molecule has 0 aromatic carbocycles. The zero-order valence-corrected chi connectivity index (χ0v) is 9.63. The molecule has 0 amide bonds. The van der Waals surface area contributed by atoms with Gasteiger partial charge in [0.2, 0.25) is 5.76 Å². The van der Waals surface area contributed by atoms with E-state index < -0.39 is 5.97 Å². The van der Waals surface area contributed by atoms with E-state index in [2.05, 4.69) is 20.6 Å². The maximum Gasteiger partial charge on any atom is 0.374 e. The summed E-state index contributed by atoms with van der Waals surface area (Å²) < 4.78 is 10.5. The lowest BCUT2D eigenvalue weighted by Crippen LogP contribution is -2.08. The van der Waals surface area contributed by atoms with Gasteiger partial charge in [0.05, 0.1) is 6.61 Å². The van der Waals surface area contributed by atoms with Crippen molar-refractivity contribution in [2.24, 2.45) is 0 Å². The van der Waals surface area contributed by atoms with Crippen molar-refractivity contribution in [1.82, 2.24) is 20.6 Å². The number of carbonyl (C=O) groups is 1. The van der Waals surface area contributed by atoms with Gasteiger partial charge in [-0.15, -0.1) is 10.2 Å². The van der Waals surface area contributed by atoms with Crippen LogP contribution in [0.2, 0.25) is 0 Å². The minimum Gasteiger partial charge on any atom is -0.459 e. The quantitative estimate of drug-likeness (QED) is 0.795. The molecule has 1 N–H and O–H groups in total. The lowest BCUT2D eigenvalue weighted by atomic mass is 10.3. The van der Waals surface area contributed by atoms with Crippen LogP contribution in [0.25, 0.3) is 0 Å². The number of carbonyl (C=O) groups excluding carboxylic acids is 1. The number of aromatic nitrogens is 4. The van der Waals surface area contributed by atoms with Gasteiger partial charge in [0.1, 0.15) is 5.76 Å². The largest absolute Gasteiger partial charge is 0.459 e. The van der Waals surface area contributed by atoms with Gasteiger partial charge in [-0.1, -0.05) is 5.21 Å². The molecule has 1 aliphatic rings. The molecule has 0 atom stereocenters. The van der Waals surface area contributed by atoms with Crippen LogP contribution in [-0.4, -0.2) is 33.2 Å². The number of nitrogens with one attached hydrogen (secondary N) is 1. The fraction of sp³-hybridized carbons (Fsp3) is 0.455. The number of ether oxygens (including phenoxy) is 1. The van der Waals surface area contributed by atoms with Gasteiger partial charge >= 0.3 is 5.97 Å². The SMILES string of the molecule is O=C(OCCc1nn[nH]n1)c1ccc(C2CC2)o1. The Kier molecular flexibility index (Phi) is 2.79. The maximum atomic E-state index is 11.6. The second-order valence-electron chi connectivity index (χ2n) is 4.19. The zero-order valence-electron chi connectivity index (χ0n) is 9.63. The average Bonchev–Trinajstić information content (AvgIpc) is 2.92. The van der Waals surface area contributed by atoms with E-state index in [1.807, 2.05) is 6.07 Å². The number of H-pyrrole nitrogens is 1. The number of tetrazole rings is 1. The van der Waals surface area contributed by atoms with Crippen molar-refractivity contribution in [2.45, 2.75) is 25.2 Å². The van der Waals surface area contributed by atoms with Gasteiger partial charge in [0.15, 0.2) is 5.82 Å². The van der Waals surface area contributed by atoms with Crippen LogP contribution in [0.4, 0.5) is 0 Å². The summed E-state index contributed by atoms with van der Waals surface area (Å²) >= 11 is 0. The highest BCUT2D eigenvalue weighted by atomic mass is 16.5. The van der Waals surface area contributed by atoms with Crippen molar-refractivity contribution in [1.29, 1.82) is 0 Å². The molecule has 18 heavy (non-hydrogen) atoms. The Morgan fingerprint density at radius 3 is 3.11 bits per heavy atom. The smallest absolute Gasteiger partial charge is 0.374 e. The van der Waals surface area contributed by atoms with Gasteiger partial charge in [0.25, 0.3) is 0 Å². The molecule has 0 radical (unpaired) electrons. The normalized spacial score (nSPS) is 14.7. The molecule has 7 heteroatoms. The molecule has 1 saturated carbocycles. The number of furan rings is 1. The molecular formula is C11H12N4O3. The van der Waals surface area contributed by atoms with E-state index in [0.29, 0.717) is 18.2 Å². The highest BCUT2D eigenvalue weighted by Crippen LogP contribution is 2.40. The molecule has 1 aliphatic carbocycles. The Labute approximate surface area is 103 Å². The van der Waals surface area contributed by atoms with Gasteiger partial charge in [-0.2, -0.15) is 5.21 Å². The molecule has 0 aliphatic heterocycles. The predicted octanol–water partition coefficient (Wildman–Crippen LogP) is 1.07. The van der Waals surface area contributed by atoms with Crippen molar-refractivity contribution in [3.05, 3.63) is 29.5 Å². The van der Waals surface area contributed by atoms with E-state index in [-0.39, 0.29) is 12.4 Å². The Hall–Kier alpha value is -2.18. The lowest BCUT2D eigenvalue weighted by molar-refractivity contribution is 0.0469. The summed E-state index contributed by atoms with van der Waals surface area (Å²) in [4.78, 5) is 11.6. The monoisotopic (exact) mass is 248 g/mol. The summed E-state index contributed by atoms with van der Waals surface area (Å²) in [6.45, 7) is 0.206. The summed E-state index contributed by atoms with van der Waals surface area (Å²) in [5.74, 6) is 1.68. The topological polar surface area (TPSA) is 93.9 Å². The molecular weight excluding hydrogens is 236 g/mol. The van der Waals surface area contributed by atoms with Crippen LogP contribution >= 0.6 is 0 Å². The second-order valence-corrected chi connectivity index (χ2v) is 4.19. The highest BCUT2D eigenvalue weighted by Gasteiger charge is 2.27. The summed E-state index contributed by atoms with van der Waals surface area (Å²) in [7, 11) is 0. The minimum absolute atomic E-state index is 0.206. The van der Waals surface area contributed by atoms with Crippen LogP contribution < -0.4 is 0 Å². The Morgan fingerprint density at radius 1 is 1.50 bits per heavy atom. The fourth-order valence-corrected chi connectivity index (χ4v) is 1.64. The van der Waals surface area contributed by atoms with Crippen LogP contribution in [0.3, 0.4) is 0 Å². The molecule has 7 nitrogen and oxygen atoms in total. The second kappa shape index (κ2) is 4.59. The van der Waals surface area contributed by atoms with Crippen molar-refractivity contribution in [3.63, 3.8) is 0 Å². The Bertz CT molecular complexity index is 530. The molecule has 2 aromatic rings. The molecule has 0 bridgehead atoms. The van der Waals surface area contributed by atoms with E-state index in [0.717, 1.165) is 18.6 Å². The van der Waals surface area contributed by atoms with E-state index in [9.17, 15) is 4.79 Å². The number of esters is 1. The number of hydrogen-bond acceptors (Lipinski definition) is 6. The molecule has 0 unspecified atom stereocenters. The van der Waals surface area contributed by atoms with Gasteiger partial charge < -0.3 is 9.15 Å². The summed E-state index contributed by atoms with van der Waals surface area (Å²) in [5.41, 5.74) is 0. The number of aromatic amines is 1. The molecule has 94 valence electrons. The van der Waals surface area contributed by atoms with Gasteiger partial charge in [-0.3, -0.25) is 0 Å². The van der Waals surface area contributed by atoms with Crippen LogP contribution in [-0.2, 0) is 11.2 Å². The van der Waals surface area contributed by atoms with Crippen LogP contribution in [0.5, 0.6) is 0 Å². The molecule has 3 rings (SSSR count). The van der Waals surface area contributed by atoms with Gasteiger partial charge in [-0.25, -0.2) is 4.79 Å². The van der Waals surface area contributed by atoms with Crippen LogP contribution in [0.1, 0.15) is 40.9 Å². The number of rotatable bonds is 5. The first-order valence-corrected chi connectivity index (χ1v) is 5.82. The van der Waals surface area contributed by atoms with E-state index in [1.165, 1.54) is 0 Å². The van der Waals surface area contributed by atoms with Crippen molar-refractivity contribution in [2.75, 3.05) is 6.61 Å². The van der Waals surface area contributed by atoms with Gasteiger partial charge in [-0.05, 0) is 25.0 Å². The lowest BCUT2D eigenvalue weighted by Gasteiger charge is -2.00. The van der Waals surface area contributed by atoms with E-state index >= 15 is 0 Å². The third kappa shape index (κ3) is 2.39. The summed E-state index contributed by atoms with van der Waals surface area (Å²) in [6, 6.07) is 3.50. The van der Waals surface area contributed by atoms with Crippen LogP contribution in [0.15, 0.2) is 16.5 Å². The Morgan fingerprint density at radius 2 is 2.39 bits per heavy atom. The molecule has 0 saturated heterocycles. The third-order valence-corrected chi connectivity index (χ3v) is 2.76. The number of hydrogen-bond donors (Lipinski definition) is 1. The Balaban J connectivity index is 1.50. The molecule has 0 spiro atoms. The van der Waals surface area contributed by atoms with E-state index in [4.69, 9.17) is 9.15 Å². The molecule has 1 fully saturated rings. The molecule has 2 heterocycles. The summed E-state index contributed by atoms with van der Waals surface area (Å²) in [5, 5.41) is 13.3. The van der Waals surface area contributed by atoms with Crippen molar-refractivity contribution >= 4 is 5.97 Å². The summed E-state index contributed by atoms with van der Waals surface area (Å²) in [6.07, 6.45) is 2.71. The first-order valence-electron chi connectivity index (χ1n) is 5.82. The zero-order chi connectivity index (χ0) is 12.4. The standard InChI is InChI=1S/C11H12N4O3/c16-11(17-6-5-10-12-14-15-13-10)9-4-3-8(18-9)7-1-2-7/h3-4,7H,1-2,5-6H2,(H,12,13,14,15). The predicted molar refractivity (Wildman–Crippen MR) is 58.8 cm³/mol. The molecule has 2 aromatic heterocycles. The fourth-order valence-electron chi connectivity index (χ4n) is 1.64.